The normalized spacial score (nSPS) is 16.7. The van der Waals surface area contributed by atoms with E-state index in [0.29, 0.717) is 69.4 Å². The lowest BCUT2D eigenvalue weighted by molar-refractivity contribution is -0.181. The molecule has 8 nitrogen and oxygen atoms in total. The van der Waals surface area contributed by atoms with Crippen molar-refractivity contribution >= 4 is 17.2 Å². The van der Waals surface area contributed by atoms with Gasteiger partial charge in [0.05, 0.1) is 34.0 Å². The number of hydrogen-bond acceptors (Lipinski definition) is 8. The molecule has 2 aromatic carbocycles. The highest BCUT2D eigenvalue weighted by Gasteiger charge is 2.41. The Morgan fingerprint density at radius 1 is 1.03 bits per heavy atom. The molecular formula is C29H34FN3O5S. The molecule has 1 spiro atoms. The van der Waals surface area contributed by atoms with E-state index in [1.165, 1.54) is 23.5 Å². The third-order valence-corrected chi connectivity index (χ3v) is 8.07. The van der Waals surface area contributed by atoms with Crippen molar-refractivity contribution in [2.45, 2.75) is 38.1 Å². The Labute approximate surface area is 232 Å². The van der Waals surface area contributed by atoms with Crippen LogP contribution in [0.25, 0.3) is 0 Å². The van der Waals surface area contributed by atoms with E-state index in [9.17, 15) is 9.18 Å². The molecule has 0 atom stereocenters. The SMILES string of the molecule is COc1ccc(CCN(Cc2ccc(F)cc2)Cc2nc(C(=O)N3CCC4(CC3)OCCO4)cs2)cc1OC. The third kappa shape index (κ3) is 6.75. The summed E-state index contributed by atoms with van der Waals surface area (Å²) in [5, 5.41) is 2.71. The molecular weight excluding hydrogens is 521 g/mol. The van der Waals surface area contributed by atoms with E-state index in [-0.39, 0.29) is 11.7 Å². The van der Waals surface area contributed by atoms with Crippen LogP contribution in [0.3, 0.4) is 0 Å². The number of amides is 1. The molecule has 0 bridgehead atoms. The van der Waals surface area contributed by atoms with Gasteiger partial charge in [-0.15, -0.1) is 11.3 Å². The zero-order valence-electron chi connectivity index (χ0n) is 22.4. The lowest BCUT2D eigenvalue weighted by atomic mass is 10.0. The van der Waals surface area contributed by atoms with Gasteiger partial charge in [-0.05, 0) is 41.8 Å². The number of nitrogens with zero attached hydrogens (tertiary/aromatic N) is 3. The van der Waals surface area contributed by atoms with Crippen LogP contribution in [0.5, 0.6) is 11.5 Å². The number of rotatable bonds is 10. The Morgan fingerprint density at radius 2 is 1.72 bits per heavy atom. The second-order valence-corrected chi connectivity index (χ2v) is 10.7. The lowest BCUT2D eigenvalue weighted by Crippen LogP contribution is -2.47. The summed E-state index contributed by atoms with van der Waals surface area (Å²) in [7, 11) is 3.25. The van der Waals surface area contributed by atoms with Crippen LogP contribution in [0.2, 0.25) is 0 Å². The molecule has 2 saturated heterocycles. The van der Waals surface area contributed by atoms with Crippen LogP contribution in [0.4, 0.5) is 4.39 Å². The van der Waals surface area contributed by atoms with Gasteiger partial charge in [0, 0.05) is 44.4 Å². The number of piperidine rings is 1. The van der Waals surface area contributed by atoms with Gasteiger partial charge in [0.25, 0.3) is 5.91 Å². The van der Waals surface area contributed by atoms with Crippen molar-refractivity contribution in [1.29, 1.82) is 0 Å². The minimum Gasteiger partial charge on any atom is -0.493 e. The van der Waals surface area contributed by atoms with Crippen LogP contribution in [-0.2, 0) is 29.0 Å². The lowest BCUT2D eigenvalue weighted by Gasteiger charge is -2.37. The average Bonchev–Trinajstić information content (AvgIpc) is 3.62. The number of carbonyl (C=O) groups is 1. The Hall–Kier alpha value is -3.05. The fraction of sp³-hybridized carbons (Fsp3) is 0.448. The van der Waals surface area contributed by atoms with Crippen molar-refractivity contribution in [3.63, 3.8) is 0 Å². The van der Waals surface area contributed by atoms with Crippen molar-refractivity contribution in [2.75, 3.05) is 47.1 Å². The van der Waals surface area contributed by atoms with E-state index in [0.717, 1.165) is 29.1 Å². The van der Waals surface area contributed by atoms with Crippen molar-refractivity contribution in [3.05, 3.63) is 75.5 Å². The first-order chi connectivity index (χ1) is 19.0. The summed E-state index contributed by atoms with van der Waals surface area (Å²) in [5.41, 5.74) is 2.60. The Morgan fingerprint density at radius 3 is 2.41 bits per heavy atom. The number of likely N-dealkylation sites (tertiary alicyclic amines) is 1. The summed E-state index contributed by atoms with van der Waals surface area (Å²) in [6.45, 7) is 4.36. The number of methoxy groups -OCH3 is 2. The highest BCUT2D eigenvalue weighted by Crippen LogP contribution is 2.32. The second-order valence-electron chi connectivity index (χ2n) is 9.80. The third-order valence-electron chi connectivity index (χ3n) is 7.24. The van der Waals surface area contributed by atoms with Gasteiger partial charge >= 0.3 is 0 Å². The molecule has 1 amide bonds. The molecule has 0 unspecified atom stereocenters. The molecule has 5 rings (SSSR count). The molecule has 0 N–H and O–H groups in total. The summed E-state index contributed by atoms with van der Waals surface area (Å²) in [6, 6.07) is 12.5. The standard InChI is InChI=1S/C29H34FN3O5S/c1-35-25-8-5-21(17-26(25)36-2)9-12-32(18-22-3-6-23(30)7-4-22)19-27-31-24(20-39-27)28(34)33-13-10-29(11-14-33)37-15-16-38-29/h3-8,17,20H,9-16,18-19H2,1-2H3. The van der Waals surface area contributed by atoms with Crippen LogP contribution < -0.4 is 9.47 Å². The molecule has 1 aromatic heterocycles. The minimum absolute atomic E-state index is 0.0549. The number of halogens is 1. The summed E-state index contributed by atoms with van der Waals surface area (Å²) in [4.78, 5) is 22.0. The number of thiazole rings is 1. The predicted octanol–water partition coefficient (Wildman–Crippen LogP) is 4.52. The number of ether oxygens (including phenoxy) is 4. The quantitative estimate of drug-likeness (QED) is 0.364. The van der Waals surface area contributed by atoms with Crippen molar-refractivity contribution in [2.24, 2.45) is 0 Å². The van der Waals surface area contributed by atoms with Crippen LogP contribution in [0.1, 0.15) is 39.5 Å². The van der Waals surface area contributed by atoms with Crippen LogP contribution in [-0.4, -0.2) is 73.5 Å². The van der Waals surface area contributed by atoms with Gasteiger partial charge in [0.15, 0.2) is 17.3 Å². The fourth-order valence-corrected chi connectivity index (χ4v) is 5.87. The number of carbonyl (C=O) groups excluding carboxylic acids is 1. The smallest absolute Gasteiger partial charge is 0.273 e. The maximum Gasteiger partial charge on any atom is 0.273 e. The minimum atomic E-state index is -0.515. The van der Waals surface area contributed by atoms with Gasteiger partial charge in [-0.2, -0.15) is 0 Å². The van der Waals surface area contributed by atoms with Crippen molar-refractivity contribution < 1.29 is 28.1 Å². The van der Waals surface area contributed by atoms with Gasteiger partial charge in [-0.25, -0.2) is 9.37 Å². The Kier molecular flexibility index (Phi) is 8.76. The zero-order chi connectivity index (χ0) is 27.2. The van der Waals surface area contributed by atoms with Crippen molar-refractivity contribution in [3.8, 4) is 11.5 Å². The monoisotopic (exact) mass is 555 g/mol. The van der Waals surface area contributed by atoms with E-state index in [1.54, 1.807) is 26.4 Å². The molecule has 0 saturated carbocycles. The average molecular weight is 556 g/mol. The molecule has 0 radical (unpaired) electrons. The summed E-state index contributed by atoms with van der Waals surface area (Å²) < 4.78 is 35.9. The number of benzene rings is 2. The van der Waals surface area contributed by atoms with Crippen LogP contribution >= 0.6 is 11.3 Å². The predicted molar refractivity (Wildman–Crippen MR) is 146 cm³/mol. The van der Waals surface area contributed by atoms with Gasteiger partial charge < -0.3 is 23.8 Å². The second kappa shape index (κ2) is 12.4. The van der Waals surface area contributed by atoms with Crippen LogP contribution in [0, 0.1) is 5.82 Å². The molecule has 208 valence electrons. The van der Waals surface area contributed by atoms with E-state index in [4.69, 9.17) is 23.9 Å². The maximum absolute atomic E-state index is 13.5. The van der Waals surface area contributed by atoms with Gasteiger partial charge in [-0.1, -0.05) is 18.2 Å². The maximum atomic E-state index is 13.5. The highest BCUT2D eigenvalue weighted by atomic mass is 32.1. The van der Waals surface area contributed by atoms with Gasteiger partial charge in [-0.3, -0.25) is 9.69 Å². The Bertz CT molecular complexity index is 1250. The highest BCUT2D eigenvalue weighted by molar-refractivity contribution is 7.09. The molecule has 2 fully saturated rings. The first-order valence-electron chi connectivity index (χ1n) is 13.2. The zero-order valence-corrected chi connectivity index (χ0v) is 23.2. The Balaban J connectivity index is 1.24. The first-order valence-corrected chi connectivity index (χ1v) is 14.0. The molecule has 10 heteroatoms. The van der Waals surface area contributed by atoms with Gasteiger partial charge in [0.2, 0.25) is 0 Å². The van der Waals surface area contributed by atoms with Gasteiger partial charge in [0.1, 0.15) is 16.5 Å². The molecule has 39 heavy (non-hydrogen) atoms. The summed E-state index contributed by atoms with van der Waals surface area (Å²) in [6.07, 6.45) is 2.13. The molecule has 2 aliphatic heterocycles. The van der Waals surface area contributed by atoms with Crippen LogP contribution in [0.15, 0.2) is 47.8 Å². The summed E-state index contributed by atoms with van der Waals surface area (Å²) in [5.74, 6) is 0.558. The number of aromatic nitrogens is 1. The first kappa shape index (κ1) is 27.5. The van der Waals surface area contributed by atoms with Crippen molar-refractivity contribution in [1.82, 2.24) is 14.8 Å². The molecule has 3 heterocycles. The fourth-order valence-electron chi connectivity index (χ4n) is 5.06. The molecule has 3 aromatic rings. The molecule has 0 aliphatic carbocycles. The van der Waals surface area contributed by atoms with E-state index in [1.807, 2.05) is 28.5 Å². The molecule has 2 aliphatic rings. The van der Waals surface area contributed by atoms with E-state index in [2.05, 4.69) is 4.90 Å². The largest absolute Gasteiger partial charge is 0.493 e. The number of hydrogen-bond donors (Lipinski definition) is 0. The summed E-state index contributed by atoms with van der Waals surface area (Å²) >= 11 is 1.49. The van der Waals surface area contributed by atoms with E-state index >= 15 is 0 Å². The van der Waals surface area contributed by atoms with E-state index < -0.39 is 5.79 Å². The topological polar surface area (TPSA) is 73.4 Å².